The number of benzene rings is 3. The van der Waals surface area contributed by atoms with Gasteiger partial charge >= 0.3 is 6.18 Å². The first-order chi connectivity index (χ1) is 20.6. The number of alkyl halides is 3. The van der Waals surface area contributed by atoms with Crippen LogP contribution in [0.1, 0.15) is 16.7 Å². The molecule has 0 spiro atoms. The largest absolute Gasteiger partial charge is 0.416 e. The lowest BCUT2D eigenvalue weighted by atomic mass is 9.82. The summed E-state index contributed by atoms with van der Waals surface area (Å²) in [5.41, 5.74) is 2.63. The number of amides is 1. The number of nitrogens with zero attached hydrogens (tertiary/aromatic N) is 5. The number of rotatable bonds is 5. The van der Waals surface area contributed by atoms with Gasteiger partial charge in [0.05, 0.1) is 22.4 Å². The van der Waals surface area contributed by atoms with Gasteiger partial charge in [-0.15, -0.1) is 0 Å². The summed E-state index contributed by atoms with van der Waals surface area (Å²) in [7, 11) is 0. The molecule has 2 fully saturated rings. The summed E-state index contributed by atoms with van der Waals surface area (Å²) >= 11 is 6.07. The first kappa shape index (κ1) is 29.3. The van der Waals surface area contributed by atoms with E-state index in [1.54, 1.807) is 23.1 Å². The number of fused-ring (bicyclic) bond motifs is 3. The van der Waals surface area contributed by atoms with Crippen molar-refractivity contribution in [2.45, 2.75) is 25.2 Å². The number of carbonyl (C=O) groups is 1. The predicted molar refractivity (Wildman–Crippen MR) is 158 cm³/mol. The van der Waals surface area contributed by atoms with Gasteiger partial charge in [-0.1, -0.05) is 29.8 Å². The van der Waals surface area contributed by atoms with E-state index in [1.165, 1.54) is 12.1 Å². The van der Waals surface area contributed by atoms with Crippen molar-refractivity contribution in [3.8, 4) is 0 Å². The highest BCUT2D eigenvalue weighted by molar-refractivity contribution is 6.30. The molecule has 3 aliphatic heterocycles. The minimum absolute atomic E-state index is 0.000486. The second-order valence-electron chi connectivity index (χ2n) is 11.4. The van der Waals surface area contributed by atoms with Crippen LogP contribution in [0.3, 0.4) is 0 Å². The van der Waals surface area contributed by atoms with Crippen LogP contribution in [0.15, 0.2) is 66.7 Å². The Kier molecular flexibility index (Phi) is 7.95. The number of nitro benzene ring substituents is 1. The Balaban J connectivity index is 1.21. The van der Waals surface area contributed by atoms with Crippen molar-refractivity contribution in [1.82, 2.24) is 9.80 Å². The summed E-state index contributed by atoms with van der Waals surface area (Å²) in [4.78, 5) is 33.5. The van der Waals surface area contributed by atoms with E-state index in [9.17, 15) is 28.1 Å². The van der Waals surface area contributed by atoms with Crippen LogP contribution in [0.25, 0.3) is 0 Å². The summed E-state index contributed by atoms with van der Waals surface area (Å²) in [5.74, 6) is -0.438. The number of anilines is 2. The van der Waals surface area contributed by atoms with E-state index in [-0.39, 0.29) is 17.6 Å². The summed E-state index contributed by atoms with van der Waals surface area (Å²) in [5, 5.41) is 12.2. The van der Waals surface area contributed by atoms with Crippen LogP contribution in [-0.2, 0) is 23.9 Å². The highest BCUT2D eigenvalue weighted by Gasteiger charge is 2.43. The zero-order chi connectivity index (χ0) is 30.3. The normalized spacial score (nSPS) is 20.9. The van der Waals surface area contributed by atoms with Gasteiger partial charge in [0.15, 0.2) is 0 Å². The Labute approximate surface area is 252 Å². The molecule has 0 N–H and O–H groups in total. The van der Waals surface area contributed by atoms with Crippen molar-refractivity contribution in [2.24, 2.45) is 5.92 Å². The summed E-state index contributed by atoms with van der Waals surface area (Å²) < 4.78 is 39.8. The van der Waals surface area contributed by atoms with E-state index in [4.69, 9.17) is 11.6 Å². The minimum atomic E-state index is -4.42. The molecule has 3 heterocycles. The Morgan fingerprint density at radius 1 is 0.953 bits per heavy atom. The Morgan fingerprint density at radius 2 is 1.70 bits per heavy atom. The van der Waals surface area contributed by atoms with Crippen LogP contribution in [0.4, 0.5) is 30.2 Å². The molecule has 0 bridgehead atoms. The van der Waals surface area contributed by atoms with Crippen LogP contribution in [-0.4, -0.2) is 72.5 Å². The molecule has 43 heavy (non-hydrogen) atoms. The van der Waals surface area contributed by atoms with Gasteiger partial charge in [0.25, 0.3) is 5.69 Å². The minimum Gasteiger partial charge on any atom is -0.368 e. The summed E-state index contributed by atoms with van der Waals surface area (Å²) in [6.45, 7) is 4.41. The van der Waals surface area contributed by atoms with E-state index >= 15 is 0 Å². The first-order valence-corrected chi connectivity index (χ1v) is 14.7. The molecule has 3 aromatic carbocycles. The number of non-ortho nitro benzene ring substituents is 1. The van der Waals surface area contributed by atoms with Crippen LogP contribution >= 0.6 is 11.6 Å². The molecule has 2 atom stereocenters. The molecule has 8 nitrogen and oxygen atoms in total. The molecule has 2 unspecified atom stereocenters. The maximum atomic E-state index is 14.1. The average Bonchev–Trinajstić information content (AvgIpc) is 3.01. The van der Waals surface area contributed by atoms with Crippen molar-refractivity contribution in [3.63, 3.8) is 0 Å². The number of piperazine rings is 2. The van der Waals surface area contributed by atoms with Crippen LogP contribution in [0.5, 0.6) is 0 Å². The lowest BCUT2D eigenvalue weighted by Crippen LogP contribution is -2.62. The van der Waals surface area contributed by atoms with Crippen molar-refractivity contribution in [2.75, 3.05) is 55.6 Å². The van der Waals surface area contributed by atoms with E-state index in [0.29, 0.717) is 62.9 Å². The molecule has 2 saturated heterocycles. The molecule has 0 aromatic heterocycles. The van der Waals surface area contributed by atoms with Gasteiger partial charge in [0.1, 0.15) is 0 Å². The molecular formula is C31H31ClF3N5O3. The summed E-state index contributed by atoms with van der Waals surface area (Å²) in [6, 6.07) is 17.8. The zero-order valence-corrected chi connectivity index (χ0v) is 24.1. The van der Waals surface area contributed by atoms with Crippen molar-refractivity contribution in [1.29, 1.82) is 0 Å². The summed E-state index contributed by atoms with van der Waals surface area (Å²) in [6.07, 6.45) is -4.03. The number of hydrogen-bond acceptors (Lipinski definition) is 6. The fourth-order valence-electron chi connectivity index (χ4n) is 6.56. The van der Waals surface area contributed by atoms with Gasteiger partial charge < -0.3 is 14.7 Å². The maximum absolute atomic E-state index is 14.1. The van der Waals surface area contributed by atoms with E-state index in [2.05, 4.69) is 9.80 Å². The van der Waals surface area contributed by atoms with E-state index in [1.807, 2.05) is 29.2 Å². The molecule has 1 amide bonds. The second-order valence-corrected chi connectivity index (χ2v) is 11.8. The highest BCUT2D eigenvalue weighted by Crippen LogP contribution is 2.39. The number of halogens is 4. The molecule has 226 valence electrons. The second kappa shape index (κ2) is 11.7. The van der Waals surface area contributed by atoms with Crippen molar-refractivity contribution < 1.29 is 22.9 Å². The van der Waals surface area contributed by atoms with Gasteiger partial charge in [-0.05, 0) is 53.9 Å². The lowest BCUT2D eigenvalue weighted by molar-refractivity contribution is -0.384. The van der Waals surface area contributed by atoms with Gasteiger partial charge in [0.2, 0.25) is 5.91 Å². The fourth-order valence-corrected chi connectivity index (χ4v) is 6.68. The van der Waals surface area contributed by atoms with Crippen LogP contribution < -0.4 is 9.80 Å². The third-order valence-corrected chi connectivity index (χ3v) is 9.01. The molecule has 0 saturated carbocycles. The van der Waals surface area contributed by atoms with E-state index in [0.717, 1.165) is 35.5 Å². The number of carbonyl (C=O) groups excluding carboxylic acids is 1. The number of nitro groups is 1. The smallest absolute Gasteiger partial charge is 0.368 e. The Hall–Kier alpha value is -3.83. The maximum Gasteiger partial charge on any atom is 0.416 e. The molecule has 3 aliphatic rings. The van der Waals surface area contributed by atoms with Gasteiger partial charge in [-0.3, -0.25) is 19.8 Å². The van der Waals surface area contributed by atoms with Crippen LogP contribution in [0.2, 0.25) is 5.02 Å². The van der Waals surface area contributed by atoms with Crippen molar-refractivity contribution in [3.05, 3.63) is 98.6 Å². The topological polar surface area (TPSA) is 73.2 Å². The standard InChI is InChI=1S/C31H31ClF3N5O3/c32-24-6-4-21(5-7-24)19-36-10-15-39-28-9-8-26(40(42)43)16-22(28)17-27(29(39)20-36)30(41)38-13-11-37(12-14-38)25-3-1-2-23(18-25)31(33,34)35/h1-9,16,18,27,29H,10-15,17,19-20H2. The average molecular weight is 614 g/mol. The third-order valence-electron chi connectivity index (χ3n) is 8.76. The predicted octanol–water partition coefficient (Wildman–Crippen LogP) is 5.48. The van der Waals surface area contributed by atoms with Gasteiger partial charge in [-0.25, -0.2) is 0 Å². The third kappa shape index (κ3) is 6.14. The van der Waals surface area contributed by atoms with E-state index < -0.39 is 22.6 Å². The molecule has 0 aliphatic carbocycles. The zero-order valence-electron chi connectivity index (χ0n) is 23.3. The van der Waals surface area contributed by atoms with Gasteiger partial charge in [0, 0.05) is 80.9 Å². The lowest BCUT2D eigenvalue weighted by Gasteiger charge is -2.50. The van der Waals surface area contributed by atoms with Gasteiger partial charge in [-0.2, -0.15) is 13.2 Å². The highest BCUT2D eigenvalue weighted by atomic mass is 35.5. The van der Waals surface area contributed by atoms with Crippen LogP contribution in [0, 0.1) is 16.0 Å². The molecular weight excluding hydrogens is 583 g/mol. The fraction of sp³-hybridized carbons (Fsp3) is 0.387. The number of hydrogen-bond donors (Lipinski definition) is 0. The molecule has 0 radical (unpaired) electrons. The first-order valence-electron chi connectivity index (χ1n) is 14.3. The quantitative estimate of drug-likeness (QED) is 0.280. The van der Waals surface area contributed by atoms with Crippen molar-refractivity contribution >= 4 is 34.6 Å². The molecule has 6 rings (SSSR count). The SMILES string of the molecule is O=C(C1Cc2cc([N+](=O)[O-])ccc2N2CCN(Cc3ccc(Cl)cc3)CC12)N1CCN(c2cccc(C(F)(F)F)c2)CC1. The molecule has 3 aromatic rings. The monoisotopic (exact) mass is 613 g/mol. The molecule has 12 heteroatoms. The Morgan fingerprint density at radius 3 is 2.40 bits per heavy atom. The Bertz CT molecular complexity index is 1510.